The number of rotatable bonds is 7. The van der Waals surface area contributed by atoms with E-state index in [1.165, 1.54) is 11.1 Å². The summed E-state index contributed by atoms with van der Waals surface area (Å²) in [6, 6.07) is 25.5. The Morgan fingerprint density at radius 1 is 0.970 bits per heavy atom. The molecule has 3 N–H and O–H groups in total. The Kier molecular flexibility index (Phi) is 8.05. The molecule has 172 valence electrons. The second kappa shape index (κ2) is 11.2. The van der Waals surface area contributed by atoms with Crippen molar-refractivity contribution in [3.63, 3.8) is 0 Å². The largest absolute Gasteiger partial charge is 0.335 e. The average Bonchev–Trinajstić information content (AvgIpc) is 2.82. The van der Waals surface area contributed by atoms with Crippen molar-refractivity contribution in [2.45, 2.75) is 37.4 Å². The predicted octanol–water partition coefficient (Wildman–Crippen LogP) is 4.52. The standard InChI is InChI=1S/C27H29Cl2N3O/c28-22-12-11-21(25(29)16-22)15-26(30)27(33)32-18-23(13-19-7-3-1-4-8-19)31-17-24(32)14-20-9-5-2-6-10-20/h1-12,16,23-24,26,31H,13-15,17-18,30H2/t23-,24+,26?/m0/s1. The lowest BCUT2D eigenvalue weighted by Gasteiger charge is -2.42. The van der Waals surface area contributed by atoms with E-state index in [-0.39, 0.29) is 18.0 Å². The summed E-state index contributed by atoms with van der Waals surface area (Å²) in [4.78, 5) is 15.6. The van der Waals surface area contributed by atoms with Gasteiger partial charge in [0.05, 0.1) is 6.04 Å². The van der Waals surface area contributed by atoms with E-state index >= 15 is 0 Å². The van der Waals surface area contributed by atoms with Gasteiger partial charge in [0.2, 0.25) is 5.91 Å². The highest BCUT2D eigenvalue weighted by Gasteiger charge is 2.34. The van der Waals surface area contributed by atoms with E-state index in [0.29, 0.717) is 23.0 Å². The molecule has 1 amide bonds. The first-order chi connectivity index (χ1) is 16.0. The van der Waals surface area contributed by atoms with Gasteiger partial charge in [-0.2, -0.15) is 0 Å². The van der Waals surface area contributed by atoms with E-state index in [2.05, 4.69) is 29.6 Å². The van der Waals surface area contributed by atoms with Crippen LogP contribution < -0.4 is 11.1 Å². The number of carbonyl (C=O) groups is 1. The third-order valence-corrected chi connectivity index (χ3v) is 6.78. The van der Waals surface area contributed by atoms with Crippen LogP contribution in [0, 0.1) is 0 Å². The van der Waals surface area contributed by atoms with Gasteiger partial charge in [-0.3, -0.25) is 4.79 Å². The minimum absolute atomic E-state index is 0.0403. The molecule has 0 spiro atoms. The van der Waals surface area contributed by atoms with Crippen LogP contribution >= 0.6 is 23.2 Å². The normalized spacial score (nSPS) is 19.3. The Balaban J connectivity index is 1.50. The van der Waals surface area contributed by atoms with E-state index in [0.717, 1.165) is 24.9 Å². The number of halogens is 2. The lowest BCUT2D eigenvalue weighted by atomic mass is 9.96. The van der Waals surface area contributed by atoms with Crippen LogP contribution in [0.1, 0.15) is 16.7 Å². The monoisotopic (exact) mass is 481 g/mol. The number of benzene rings is 3. The summed E-state index contributed by atoms with van der Waals surface area (Å²) >= 11 is 12.4. The zero-order chi connectivity index (χ0) is 23.2. The number of hydrogen-bond donors (Lipinski definition) is 2. The number of nitrogens with one attached hydrogen (secondary N) is 1. The maximum absolute atomic E-state index is 13.6. The molecule has 0 saturated carbocycles. The van der Waals surface area contributed by atoms with Crippen LogP contribution in [0.25, 0.3) is 0 Å². The van der Waals surface area contributed by atoms with Gasteiger partial charge in [0.25, 0.3) is 0 Å². The van der Waals surface area contributed by atoms with Gasteiger partial charge in [-0.05, 0) is 48.1 Å². The summed E-state index contributed by atoms with van der Waals surface area (Å²) in [7, 11) is 0. The SMILES string of the molecule is NC(Cc1ccc(Cl)cc1Cl)C(=O)N1C[C@H](Cc2ccccc2)NC[C@H]1Cc1ccccc1. The molecular formula is C27H29Cl2N3O. The van der Waals surface area contributed by atoms with E-state index in [1.54, 1.807) is 12.1 Å². The quantitative estimate of drug-likeness (QED) is 0.521. The molecule has 4 nitrogen and oxygen atoms in total. The maximum Gasteiger partial charge on any atom is 0.240 e. The van der Waals surface area contributed by atoms with Crippen molar-refractivity contribution in [1.82, 2.24) is 10.2 Å². The van der Waals surface area contributed by atoms with Crippen LogP contribution in [0.2, 0.25) is 10.0 Å². The zero-order valence-corrected chi connectivity index (χ0v) is 20.0. The summed E-state index contributed by atoms with van der Waals surface area (Å²) in [6.07, 6.45) is 2.02. The number of piperazine rings is 1. The second-order valence-electron chi connectivity index (χ2n) is 8.68. The smallest absolute Gasteiger partial charge is 0.240 e. The highest BCUT2D eigenvalue weighted by molar-refractivity contribution is 6.35. The van der Waals surface area contributed by atoms with E-state index in [9.17, 15) is 4.79 Å². The lowest BCUT2D eigenvalue weighted by Crippen LogP contribution is -2.62. The van der Waals surface area contributed by atoms with E-state index in [1.807, 2.05) is 47.4 Å². The van der Waals surface area contributed by atoms with Crippen molar-refractivity contribution in [3.8, 4) is 0 Å². The van der Waals surface area contributed by atoms with Crippen LogP contribution in [-0.2, 0) is 24.1 Å². The molecule has 1 fully saturated rings. The first-order valence-corrected chi connectivity index (χ1v) is 12.1. The van der Waals surface area contributed by atoms with E-state index in [4.69, 9.17) is 28.9 Å². The zero-order valence-electron chi connectivity index (χ0n) is 18.5. The number of carbonyl (C=O) groups excluding carboxylic acids is 1. The van der Waals surface area contributed by atoms with Crippen molar-refractivity contribution >= 4 is 29.1 Å². The maximum atomic E-state index is 13.6. The van der Waals surface area contributed by atoms with Gasteiger partial charge in [-0.1, -0.05) is 89.9 Å². The predicted molar refractivity (Wildman–Crippen MR) is 136 cm³/mol. The van der Waals surface area contributed by atoms with Crippen LogP contribution in [0.4, 0.5) is 0 Å². The molecule has 3 aromatic rings. The Labute approximate surface area is 205 Å². The molecule has 3 aromatic carbocycles. The van der Waals surface area contributed by atoms with Gasteiger partial charge in [0.1, 0.15) is 0 Å². The average molecular weight is 482 g/mol. The summed E-state index contributed by atoms with van der Waals surface area (Å²) in [5, 5.41) is 4.76. The first-order valence-electron chi connectivity index (χ1n) is 11.3. The van der Waals surface area contributed by atoms with Crippen molar-refractivity contribution in [1.29, 1.82) is 0 Å². The van der Waals surface area contributed by atoms with Gasteiger partial charge >= 0.3 is 0 Å². The summed E-state index contributed by atoms with van der Waals surface area (Å²) in [5.41, 5.74) is 9.73. The van der Waals surface area contributed by atoms with Crippen LogP contribution in [0.3, 0.4) is 0 Å². The summed E-state index contributed by atoms with van der Waals surface area (Å²) in [5.74, 6) is -0.0403. The molecular weight excluding hydrogens is 453 g/mol. The molecule has 33 heavy (non-hydrogen) atoms. The minimum atomic E-state index is -0.669. The first kappa shape index (κ1) is 23.8. The summed E-state index contributed by atoms with van der Waals surface area (Å²) < 4.78 is 0. The van der Waals surface area contributed by atoms with Gasteiger partial charge < -0.3 is 16.0 Å². The van der Waals surface area contributed by atoms with E-state index < -0.39 is 6.04 Å². The van der Waals surface area contributed by atoms with Gasteiger partial charge in [-0.15, -0.1) is 0 Å². The third kappa shape index (κ3) is 6.36. The molecule has 1 aliphatic rings. The fourth-order valence-corrected chi connectivity index (χ4v) is 4.95. The number of nitrogens with zero attached hydrogens (tertiary/aromatic N) is 1. The van der Waals surface area contributed by atoms with Gasteiger partial charge in [-0.25, -0.2) is 0 Å². The van der Waals surface area contributed by atoms with Gasteiger partial charge in [0.15, 0.2) is 0 Å². The Hall–Kier alpha value is -2.37. The molecule has 1 unspecified atom stereocenters. The third-order valence-electron chi connectivity index (χ3n) is 6.19. The molecule has 1 heterocycles. The highest BCUT2D eigenvalue weighted by Crippen LogP contribution is 2.23. The molecule has 0 bridgehead atoms. The number of hydrogen-bond acceptors (Lipinski definition) is 3. The fourth-order valence-electron chi connectivity index (χ4n) is 4.46. The molecule has 1 aliphatic heterocycles. The number of amides is 1. The van der Waals surface area contributed by atoms with Crippen LogP contribution in [-0.4, -0.2) is 42.0 Å². The Morgan fingerprint density at radius 2 is 1.61 bits per heavy atom. The molecule has 4 rings (SSSR count). The van der Waals surface area contributed by atoms with Crippen LogP contribution in [0.5, 0.6) is 0 Å². The number of nitrogens with two attached hydrogens (primary N) is 1. The topological polar surface area (TPSA) is 58.4 Å². The molecule has 0 aliphatic carbocycles. The highest BCUT2D eigenvalue weighted by atomic mass is 35.5. The second-order valence-corrected chi connectivity index (χ2v) is 9.52. The molecule has 1 saturated heterocycles. The lowest BCUT2D eigenvalue weighted by molar-refractivity contribution is -0.136. The van der Waals surface area contributed by atoms with Crippen LogP contribution in [0.15, 0.2) is 78.9 Å². The molecule has 0 aromatic heterocycles. The summed E-state index contributed by atoms with van der Waals surface area (Å²) in [6.45, 7) is 1.35. The van der Waals surface area contributed by atoms with Gasteiger partial charge in [0, 0.05) is 35.2 Å². The Morgan fingerprint density at radius 3 is 2.24 bits per heavy atom. The fraction of sp³-hybridized carbons (Fsp3) is 0.296. The van der Waals surface area contributed by atoms with Crippen molar-refractivity contribution in [2.24, 2.45) is 5.73 Å². The molecule has 3 atom stereocenters. The van der Waals surface area contributed by atoms with Crippen molar-refractivity contribution < 1.29 is 4.79 Å². The van der Waals surface area contributed by atoms with Crippen molar-refractivity contribution in [3.05, 3.63) is 106 Å². The van der Waals surface area contributed by atoms with Crippen molar-refractivity contribution in [2.75, 3.05) is 13.1 Å². The minimum Gasteiger partial charge on any atom is -0.335 e. The Bertz CT molecular complexity index is 1060. The molecule has 0 radical (unpaired) electrons. The molecule has 6 heteroatoms.